The second-order valence-corrected chi connectivity index (χ2v) is 4.45. The van der Waals surface area contributed by atoms with Gasteiger partial charge in [-0.2, -0.15) is 13.2 Å². The maximum atomic E-state index is 13.8. The molecule has 0 saturated carbocycles. The standard InChI is InChI=1S/C14H8F4N2O/c15-9-3-1-2-4-11(9)20-12-7-8(14(16,17)18)5-6-10(12)19-13(20)21/h1-7H,(H,19,21). The van der Waals surface area contributed by atoms with Crippen molar-refractivity contribution in [3.8, 4) is 5.69 Å². The monoisotopic (exact) mass is 296 g/mol. The molecule has 0 aliphatic rings. The third-order valence-corrected chi connectivity index (χ3v) is 3.10. The Labute approximate surface area is 115 Å². The number of nitrogens with zero attached hydrogens (tertiary/aromatic N) is 1. The molecule has 0 saturated heterocycles. The van der Waals surface area contributed by atoms with Crippen LogP contribution in [-0.2, 0) is 6.18 Å². The highest BCUT2D eigenvalue weighted by molar-refractivity contribution is 5.78. The SMILES string of the molecule is O=c1[nH]c2ccc(C(F)(F)F)cc2n1-c1ccccc1F. The second-order valence-electron chi connectivity index (χ2n) is 4.45. The number of aromatic nitrogens is 2. The summed E-state index contributed by atoms with van der Waals surface area (Å²) < 4.78 is 53.0. The fourth-order valence-corrected chi connectivity index (χ4v) is 2.15. The van der Waals surface area contributed by atoms with Crippen LogP contribution < -0.4 is 5.69 Å². The molecule has 2 aromatic carbocycles. The van der Waals surface area contributed by atoms with Gasteiger partial charge in [0.15, 0.2) is 0 Å². The van der Waals surface area contributed by atoms with E-state index in [0.29, 0.717) is 0 Å². The first-order chi connectivity index (χ1) is 9.88. The maximum absolute atomic E-state index is 13.8. The molecule has 3 nitrogen and oxygen atoms in total. The van der Waals surface area contributed by atoms with E-state index in [1.54, 1.807) is 0 Å². The number of hydrogen-bond donors (Lipinski definition) is 1. The second kappa shape index (κ2) is 4.47. The van der Waals surface area contributed by atoms with Gasteiger partial charge in [0.2, 0.25) is 0 Å². The molecule has 1 aromatic heterocycles. The molecular formula is C14H8F4N2O. The van der Waals surface area contributed by atoms with E-state index >= 15 is 0 Å². The zero-order chi connectivity index (χ0) is 15.2. The van der Waals surface area contributed by atoms with Crippen molar-refractivity contribution in [1.29, 1.82) is 0 Å². The molecule has 0 aliphatic carbocycles. The molecular weight excluding hydrogens is 288 g/mol. The van der Waals surface area contributed by atoms with E-state index in [1.807, 2.05) is 0 Å². The van der Waals surface area contributed by atoms with Crippen LogP contribution in [0.4, 0.5) is 17.6 Å². The molecule has 108 valence electrons. The lowest BCUT2D eigenvalue weighted by atomic mass is 10.2. The van der Waals surface area contributed by atoms with E-state index < -0.39 is 23.2 Å². The molecule has 1 heterocycles. The lowest BCUT2D eigenvalue weighted by Gasteiger charge is -2.08. The van der Waals surface area contributed by atoms with E-state index in [0.717, 1.165) is 28.8 Å². The molecule has 3 aromatic rings. The van der Waals surface area contributed by atoms with Gasteiger partial charge in [0.05, 0.1) is 22.3 Å². The molecule has 7 heteroatoms. The number of alkyl halides is 3. The summed E-state index contributed by atoms with van der Waals surface area (Å²) in [4.78, 5) is 14.3. The van der Waals surface area contributed by atoms with Crippen molar-refractivity contribution in [2.45, 2.75) is 6.18 Å². The summed E-state index contributed by atoms with van der Waals surface area (Å²) in [6.07, 6.45) is -4.54. The first-order valence-electron chi connectivity index (χ1n) is 5.95. The predicted octanol–water partition coefficient (Wildman–Crippen LogP) is 3.48. The molecule has 0 bridgehead atoms. The molecule has 3 rings (SSSR count). The van der Waals surface area contributed by atoms with E-state index in [-0.39, 0.29) is 16.7 Å². The topological polar surface area (TPSA) is 37.8 Å². The van der Waals surface area contributed by atoms with Gasteiger partial charge >= 0.3 is 11.9 Å². The van der Waals surface area contributed by atoms with E-state index in [2.05, 4.69) is 4.98 Å². The van der Waals surface area contributed by atoms with E-state index in [4.69, 9.17) is 0 Å². The highest BCUT2D eigenvalue weighted by Crippen LogP contribution is 2.31. The van der Waals surface area contributed by atoms with Crippen LogP contribution in [0.15, 0.2) is 47.3 Å². The van der Waals surface area contributed by atoms with Crippen LogP contribution in [0.2, 0.25) is 0 Å². The lowest BCUT2D eigenvalue weighted by molar-refractivity contribution is -0.137. The van der Waals surface area contributed by atoms with Gasteiger partial charge in [-0.3, -0.25) is 4.57 Å². The van der Waals surface area contributed by atoms with Crippen LogP contribution in [0, 0.1) is 5.82 Å². The number of hydrogen-bond acceptors (Lipinski definition) is 1. The Balaban J connectivity index is 2.35. The number of fused-ring (bicyclic) bond motifs is 1. The quantitative estimate of drug-likeness (QED) is 0.686. The maximum Gasteiger partial charge on any atom is 0.416 e. The van der Waals surface area contributed by atoms with Gasteiger partial charge in [-0.25, -0.2) is 9.18 Å². The zero-order valence-electron chi connectivity index (χ0n) is 10.4. The van der Waals surface area contributed by atoms with Crippen LogP contribution in [0.1, 0.15) is 5.56 Å². The Morgan fingerprint density at radius 1 is 1.05 bits per heavy atom. The smallest absolute Gasteiger partial charge is 0.305 e. The summed E-state index contributed by atoms with van der Waals surface area (Å²) in [5, 5.41) is 0. The van der Waals surface area contributed by atoms with Gasteiger partial charge < -0.3 is 4.98 Å². The summed E-state index contributed by atoms with van der Waals surface area (Å²) in [5.74, 6) is -0.696. The fraction of sp³-hybridized carbons (Fsp3) is 0.0714. The number of aromatic amines is 1. The summed E-state index contributed by atoms with van der Waals surface area (Å²) in [6, 6.07) is 8.22. The number of rotatable bonds is 1. The largest absolute Gasteiger partial charge is 0.416 e. The number of nitrogens with one attached hydrogen (secondary N) is 1. The highest BCUT2D eigenvalue weighted by Gasteiger charge is 2.31. The molecule has 0 radical (unpaired) electrons. The molecule has 21 heavy (non-hydrogen) atoms. The van der Waals surface area contributed by atoms with Crippen molar-refractivity contribution >= 4 is 11.0 Å². The molecule has 1 N–H and O–H groups in total. The molecule has 0 spiro atoms. The van der Waals surface area contributed by atoms with Crippen LogP contribution in [0.5, 0.6) is 0 Å². The highest BCUT2D eigenvalue weighted by atomic mass is 19.4. The van der Waals surface area contributed by atoms with Gasteiger partial charge in [-0.1, -0.05) is 12.1 Å². The van der Waals surface area contributed by atoms with Crippen molar-refractivity contribution in [1.82, 2.24) is 9.55 Å². The van der Waals surface area contributed by atoms with Gasteiger partial charge in [-0.05, 0) is 30.3 Å². The Hall–Kier alpha value is -2.57. The first kappa shape index (κ1) is 13.4. The van der Waals surface area contributed by atoms with Crippen LogP contribution in [0.25, 0.3) is 16.7 Å². The van der Waals surface area contributed by atoms with Crippen LogP contribution >= 0.6 is 0 Å². The molecule has 0 atom stereocenters. The Kier molecular flexibility index (Phi) is 2.86. The third-order valence-electron chi connectivity index (χ3n) is 3.10. The number of imidazole rings is 1. The normalized spacial score (nSPS) is 12.0. The van der Waals surface area contributed by atoms with Gasteiger partial charge in [0.1, 0.15) is 5.82 Å². The minimum Gasteiger partial charge on any atom is -0.305 e. The fourth-order valence-electron chi connectivity index (χ4n) is 2.15. The first-order valence-corrected chi connectivity index (χ1v) is 5.95. The number of benzene rings is 2. The summed E-state index contributed by atoms with van der Waals surface area (Å²) in [7, 11) is 0. The number of H-pyrrole nitrogens is 1. The summed E-state index contributed by atoms with van der Waals surface area (Å²) >= 11 is 0. The van der Waals surface area contributed by atoms with Crippen molar-refractivity contribution in [3.63, 3.8) is 0 Å². The lowest BCUT2D eigenvalue weighted by Crippen LogP contribution is -2.16. The van der Waals surface area contributed by atoms with Crippen molar-refractivity contribution in [2.75, 3.05) is 0 Å². The average Bonchev–Trinajstić information content (AvgIpc) is 2.73. The van der Waals surface area contributed by atoms with Gasteiger partial charge in [0.25, 0.3) is 0 Å². The van der Waals surface area contributed by atoms with Crippen molar-refractivity contribution in [2.24, 2.45) is 0 Å². The predicted molar refractivity (Wildman–Crippen MR) is 68.9 cm³/mol. The van der Waals surface area contributed by atoms with Crippen molar-refractivity contribution in [3.05, 3.63) is 64.3 Å². The minimum atomic E-state index is -4.54. The third kappa shape index (κ3) is 2.20. The summed E-state index contributed by atoms with van der Waals surface area (Å²) in [6.45, 7) is 0. The summed E-state index contributed by atoms with van der Waals surface area (Å²) in [5.41, 5.74) is -1.53. The number of para-hydroxylation sites is 1. The Morgan fingerprint density at radius 2 is 1.76 bits per heavy atom. The minimum absolute atomic E-state index is 0.0278. The van der Waals surface area contributed by atoms with E-state index in [9.17, 15) is 22.4 Å². The molecule has 0 aliphatic heterocycles. The van der Waals surface area contributed by atoms with Gasteiger partial charge in [0, 0.05) is 0 Å². The van der Waals surface area contributed by atoms with Gasteiger partial charge in [-0.15, -0.1) is 0 Å². The zero-order valence-corrected chi connectivity index (χ0v) is 10.4. The molecule has 0 fully saturated rings. The molecule has 0 unspecified atom stereocenters. The van der Waals surface area contributed by atoms with Crippen LogP contribution in [0.3, 0.4) is 0 Å². The Bertz CT molecular complexity index is 877. The van der Waals surface area contributed by atoms with E-state index in [1.165, 1.54) is 18.2 Å². The number of halogens is 4. The Morgan fingerprint density at radius 3 is 2.43 bits per heavy atom. The average molecular weight is 296 g/mol. The van der Waals surface area contributed by atoms with Crippen molar-refractivity contribution < 1.29 is 17.6 Å². The van der Waals surface area contributed by atoms with Crippen LogP contribution in [-0.4, -0.2) is 9.55 Å². The molecule has 0 amide bonds.